The summed E-state index contributed by atoms with van der Waals surface area (Å²) in [7, 11) is 0. The average molecular weight is 362 g/mol. The molecule has 1 heterocycles. The molecule has 138 valence electrons. The molecule has 2 aromatic rings. The number of anilines is 1. The van der Waals surface area contributed by atoms with Gasteiger partial charge < -0.3 is 10.6 Å². The molecule has 0 aliphatic carbocycles. The predicted molar refractivity (Wildman–Crippen MR) is 95.2 cm³/mol. The first kappa shape index (κ1) is 18.5. The summed E-state index contributed by atoms with van der Waals surface area (Å²) in [6, 6.07) is 12.5. The molecule has 1 saturated heterocycles. The van der Waals surface area contributed by atoms with Crippen LogP contribution in [0, 0.1) is 0 Å². The second-order valence-corrected chi connectivity index (χ2v) is 6.65. The van der Waals surface area contributed by atoms with Gasteiger partial charge in [0.1, 0.15) is 0 Å². The van der Waals surface area contributed by atoms with Crippen LogP contribution in [-0.4, -0.2) is 19.0 Å². The highest BCUT2D eigenvalue weighted by Crippen LogP contribution is 2.31. The number of hydrogen-bond donors (Lipinski definition) is 2. The zero-order chi connectivity index (χ0) is 18.7. The van der Waals surface area contributed by atoms with E-state index < -0.39 is 17.7 Å². The van der Waals surface area contributed by atoms with E-state index >= 15 is 0 Å². The first-order valence-corrected chi connectivity index (χ1v) is 8.63. The Kier molecular flexibility index (Phi) is 5.32. The molecule has 1 amide bonds. The number of halogens is 3. The van der Waals surface area contributed by atoms with Crippen LogP contribution >= 0.6 is 0 Å². The maximum atomic E-state index is 12.8. The fourth-order valence-corrected chi connectivity index (χ4v) is 3.16. The summed E-state index contributed by atoms with van der Waals surface area (Å²) in [5.74, 6) is -0.528. The summed E-state index contributed by atoms with van der Waals surface area (Å²) in [5, 5.41) is 6.10. The fourth-order valence-electron chi connectivity index (χ4n) is 3.16. The van der Waals surface area contributed by atoms with Crippen LogP contribution in [-0.2, 0) is 11.0 Å². The Balaban J connectivity index is 1.67. The Hall–Kier alpha value is -2.34. The van der Waals surface area contributed by atoms with Gasteiger partial charge in [-0.2, -0.15) is 13.2 Å². The summed E-state index contributed by atoms with van der Waals surface area (Å²) in [4.78, 5) is 12.4. The first-order valence-electron chi connectivity index (χ1n) is 8.63. The van der Waals surface area contributed by atoms with Crippen LogP contribution in [0.4, 0.5) is 18.9 Å². The van der Waals surface area contributed by atoms with Crippen LogP contribution in [0.1, 0.15) is 41.9 Å². The highest BCUT2D eigenvalue weighted by atomic mass is 19.4. The SMILES string of the molecule is C[C@H](C(=O)Nc1ccc(C2CCNC2)cc1)c1cccc(C(F)(F)F)c1. The van der Waals surface area contributed by atoms with Gasteiger partial charge in [0.15, 0.2) is 0 Å². The van der Waals surface area contributed by atoms with Gasteiger partial charge in [-0.3, -0.25) is 4.79 Å². The topological polar surface area (TPSA) is 41.1 Å². The summed E-state index contributed by atoms with van der Waals surface area (Å²) < 4.78 is 38.5. The number of carbonyl (C=O) groups excluding carboxylic acids is 1. The number of carbonyl (C=O) groups is 1. The Morgan fingerprint density at radius 3 is 2.54 bits per heavy atom. The summed E-state index contributed by atoms with van der Waals surface area (Å²) in [6.07, 6.45) is -3.32. The van der Waals surface area contributed by atoms with Crippen LogP contribution in [0.5, 0.6) is 0 Å². The van der Waals surface area contributed by atoms with Crippen LogP contribution in [0.15, 0.2) is 48.5 Å². The molecule has 3 rings (SSSR count). The minimum absolute atomic E-state index is 0.334. The third-order valence-electron chi connectivity index (χ3n) is 4.82. The van der Waals surface area contributed by atoms with E-state index in [0.29, 0.717) is 17.2 Å². The van der Waals surface area contributed by atoms with Gasteiger partial charge in [0.25, 0.3) is 0 Å². The van der Waals surface area contributed by atoms with Gasteiger partial charge in [-0.15, -0.1) is 0 Å². The smallest absolute Gasteiger partial charge is 0.326 e. The molecule has 2 atom stereocenters. The molecule has 1 fully saturated rings. The van der Waals surface area contributed by atoms with E-state index in [1.807, 2.05) is 24.3 Å². The molecule has 0 radical (unpaired) electrons. The molecule has 0 bridgehead atoms. The number of hydrogen-bond acceptors (Lipinski definition) is 2. The van der Waals surface area contributed by atoms with E-state index in [1.165, 1.54) is 17.7 Å². The quantitative estimate of drug-likeness (QED) is 0.839. The molecule has 1 aliphatic rings. The second-order valence-electron chi connectivity index (χ2n) is 6.65. The molecule has 0 spiro atoms. The normalized spacial score (nSPS) is 18.5. The van der Waals surface area contributed by atoms with Crippen molar-refractivity contribution in [3.8, 4) is 0 Å². The number of amides is 1. The zero-order valence-electron chi connectivity index (χ0n) is 14.4. The van der Waals surface area contributed by atoms with Crippen LogP contribution in [0.2, 0.25) is 0 Å². The minimum atomic E-state index is -4.42. The van der Waals surface area contributed by atoms with Crippen molar-refractivity contribution in [2.24, 2.45) is 0 Å². The Morgan fingerprint density at radius 2 is 1.92 bits per heavy atom. The summed E-state index contributed by atoms with van der Waals surface area (Å²) >= 11 is 0. The molecule has 26 heavy (non-hydrogen) atoms. The van der Waals surface area contributed by atoms with E-state index in [-0.39, 0.29) is 5.91 Å². The molecular formula is C20H21F3N2O. The fraction of sp³-hybridized carbons (Fsp3) is 0.350. The van der Waals surface area contributed by atoms with E-state index in [2.05, 4.69) is 10.6 Å². The Labute approximate surface area is 150 Å². The second kappa shape index (κ2) is 7.50. The highest BCUT2D eigenvalue weighted by Gasteiger charge is 2.31. The molecule has 1 unspecified atom stereocenters. The molecule has 0 saturated carbocycles. The van der Waals surface area contributed by atoms with E-state index in [4.69, 9.17) is 0 Å². The average Bonchev–Trinajstić information content (AvgIpc) is 3.16. The van der Waals surface area contributed by atoms with Crippen molar-refractivity contribution in [2.45, 2.75) is 31.4 Å². The van der Waals surface area contributed by atoms with Crippen molar-refractivity contribution in [3.05, 3.63) is 65.2 Å². The zero-order valence-corrected chi connectivity index (χ0v) is 14.4. The molecule has 0 aromatic heterocycles. The van der Waals surface area contributed by atoms with E-state index in [0.717, 1.165) is 31.6 Å². The van der Waals surface area contributed by atoms with Gasteiger partial charge in [0, 0.05) is 12.2 Å². The van der Waals surface area contributed by atoms with Gasteiger partial charge in [-0.1, -0.05) is 30.3 Å². The molecule has 2 aromatic carbocycles. The third kappa shape index (κ3) is 4.25. The lowest BCUT2D eigenvalue weighted by Gasteiger charge is -2.15. The maximum absolute atomic E-state index is 12.8. The lowest BCUT2D eigenvalue weighted by atomic mass is 9.97. The van der Waals surface area contributed by atoms with Crippen molar-refractivity contribution >= 4 is 11.6 Å². The molecule has 3 nitrogen and oxygen atoms in total. The lowest BCUT2D eigenvalue weighted by Crippen LogP contribution is -2.19. The number of benzene rings is 2. The largest absolute Gasteiger partial charge is 0.416 e. The van der Waals surface area contributed by atoms with Crippen molar-refractivity contribution in [1.29, 1.82) is 0 Å². The maximum Gasteiger partial charge on any atom is 0.416 e. The van der Waals surface area contributed by atoms with Crippen molar-refractivity contribution in [3.63, 3.8) is 0 Å². The highest BCUT2D eigenvalue weighted by molar-refractivity contribution is 5.95. The number of rotatable bonds is 4. The monoisotopic (exact) mass is 362 g/mol. The minimum Gasteiger partial charge on any atom is -0.326 e. The van der Waals surface area contributed by atoms with E-state index in [9.17, 15) is 18.0 Å². The summed E-state index contributed by atoms with van der Waals surface area (Å²) in [6.45, 7) is 3.57. The van der Waals surface area contributed by atoms with Gasteiger partial charge in [-0.25, -0.2) is 0 Å². The summed E-state index contributed by atoms with van der Waals surface area (Å²) in [5.41, 5.74) is 1.46. The van der Waals surface area contributed by atoms with Gasteiger partial charge in [0.05, 0.1) is 11.5 Å². The van der Waals surface area contributed by atoms with Crippen molar-refractivity contribution in [1.82, 2.24) is 5.32 Å². The Bertz CT molecular complexity index is 765. The molecule has 2 N–H and O–H groups in total. The Morgan fingerprint density at radius 1 is 1.19 bits per heavy atom. The van der Waals surface area contributed by atoms with Crippen LogP contribution in [0.25, 0.3) is 0 Å². The van der Waals surface area contributed by atoms with Crippen LogP contribution in [0.3, 0.4) is 0 Å². The lowest BCUT2D eigenvalue weighted by molar-refractivity contribution is -0.137. The van der Waals surface area contributed by atoms with Gasteiger partial charge in [-0.05, 0) is 55.1 Å². The van der Waals surface area contributed by atoms with Crippen molar-refractivity contribution < 1.29 is 18.0 Å². The van der Waals surface area contributed by atoms with Crippen LogP contribution < -0.4 is 10.6 Å². The predicted octanol–water partition coefficient (Wildman–Crippen LogP) is 4.52. The molecule has 1 aliphatic heterocycles. The standard InChI is InChI=1S/C20H21F3N2O/c1-13(15-3-2-4-17(11-15)20(21,22)23)19(26)25-18-7-5-14(6-8-18)16-9-10-24-12-16/h2-8,11,13,16,24H,9-10,12H2,1H3,(H,25,26)/t13-,16?/m0/s1. The first-order chi connectivity index (χ1) is 12.3. The third-order valence-corrected chi connectivity index (χ3v) is 4.82. The van der Waals surface area contributed by atoms with Crippen molar-refractivity contribution in [2.75, 3.05) is 18.4 Å². The molecular weight excluding hydrogens is 341 g/mol. The van der Waals surface area contributed by atoms with Gasteiger partial charge in [0.2, 0.25) is 5.91 Å². The van der Waals surface area contributed by atoms with Gasteiger partial charge >= 0.3 is 6.18 Å². The number of alkyl halides is 3. The molecule has 6 heteroatoms. The van der Waals surface area contributed by atoms with E-state index in [1.54, 1.807) is 6.92 Å². The number of nitrogens with one attached hydrogen (secondary N) is 2.